The Kier molecular flexibility index (Phi) is 4.44. The van der Waals surface area contributed by atoms with Crippen LogP contribution in [0.25, 0.3) is 0 Å². The van der Waals surface area contributed by atoms with E-state index in [-0.39, 0.29) is 12.2 Å². The topological polar surface area (TPSA) is 77.2 Å². The van der Waals surface area contributed by atoms with Gasteiger partial charge in [0.1, 0.15) is 0 Å². The Bertz CT molecular complexity index is 224. The Labute approximate surface area is 70.1 Å². The molecular weight excluding hydrogens is 190 g/mol. The van der Waals surface area contributed by atoms with E-state index in [0.29, 0.717) is 12.8 Å². The molecule has 2 N–H and O–H groups in total. The van der Waals surface area contributed by atoms with E-state index in [9.17, 15) is 13.2 Å². The number of primary amides is 1. The van der Waals surface area contributed by atoms with Gasteiger partial charge in [0.05, 0.1) is 5.75 Å². The molecule has 0 bridgehead atoms. The SMILES string of the molecule is NC(=O)CCCCS(=O)(=O)Cl. The number of nitrogens with two attached hydrogens (primary N) is 1. The lowest BCUT2D eigenvalue weighted by molar-refractivity contribution is -0.118. The minimum atomic E-state index is -3.40. The molecule has 0 rings (SSSR count). The average Bonchev–Trinajstić information content (AvgIpc) is 1.78. The lowest BCUT2D eigenvalue weighted by Crippen LogP contribution is -2.10. The number of carbonyl (C=O) groups excluding carboxylic acids is 1. The van der Waals surface area contributed by atoms with Crippen molar-refractivity contribution in [2.75, 3.05) is 5.75 Å². The zero-order valence-corrected chi connectivity index (χ0v) is 7.49. The zero-order chi connectivity index (χ0) is 8.91. The molecule has 0 heterocycles. The number of carbonyl (C=O) groups is 1. The van der Waals surface area contributed by atoms with Gasteiger partial charge in [-0.25, -0.2) is 8.42 Å². The minimum Gasteiger partial charge on any atom is -0.370 e. The molecule has 0 saturated carbocycles. The highest BCUT2D eigenvalue weighted by Gasteiger charge is 2.04. The zero-order valence-electron chi connectivity index (χ0n) is 5.92. The first-order valence-electron chi connectivity index (χ1n) is 3.12. The summed E-state index contributed by atoms with van der Waals surface area (Å²) in [5.74, 6) is -0.515. The highest BCUT2D eigenvalue weighted by Crippen LogP contribution is 2.02. The van der Waals surface area contributed by atoms with Crippen molar-refractivity contribution in [2.24, 2.45) is 5.73 Å². The highest BCUT2D eigenvalue weighted by atomic mass is 35.7. The maximum absolute atomic E-state index is 10.3. The average molecular weight is 200 g/mol. The van der Waals surface area contributed by atoms with Gasteiger partial charge in [-0.15, -0.1) is 0 Å². The number of unbranched alkanes of at least 4 members (excludes halogenated alkanes) is 1. The summed E-state index contributed by atoms with van der Waals surface area (Å²) in [6.45, 7) is 0. The molecule has 66 valence electrons. The van der Waals surface area contributed by atoms with Gasteiger partial charge in [0.15, 0.2) is 0 Å². The van der Waals surface area contributed by atoms with E-state index < -0.39 is 15.0 Å². The summed E-state index contributed by atoms with van der Waals surface area (Å²) < 4.78 is 20.7. The van der Waals surface area contributed by atoms with Crippen molar-refractivity contribution in [3.05, 3.63) is 0 Å². The molecule has 0 aliphatic heterocycles. The van der Waals surface area contributed by atoms with Crippen molar-refractivity contribution < 1.29 is 13.2 Å². The molecule has 0 fully saturated rings. The maximum atomic E-state index is 10.3. The van der Waals surface area contributed by atoms with Gasteiger partial charge in [-0.2, -0.15) is 0 Å². The maximum Gasteiger partial charge on any atom is 0.232 e. The Morgan fingerprint density at radius 2 is 1.91 bits per heavy atom. The largest absolute Gasteiger partial charge is 0.370 e. The standard InChI is InChI=1S/C5H10ClNO3S/c6-11(9,10)4-2-1-3-5(7)8/h1-4H2,(H2,7,8). The van der Waals surface area contributed by atoms with Crippen molar-refractivity contribution in [2.45, 2.75) is 19.3 Å². The third-order valence-electron chi connectivity index (χ3n) is 1.06. The summed E-state index contributed by atoms with van der Waals surface area (Å²) in [6, 6.07) is 0. The van der Waals surface area contributed by atoms with Crippen LogP contribution in [-0.4, -0.2) is 20.1 Å². The molecule has 0 aliphatic carbocycles. The lowest BCUT2D eigenvalue weighted by atomic mass is 10.2. The lowest BCUT2D eigenvalue weighted by Gasteiger charge is -1.94. The molecule has 0 aromatic carbocycles. The van der Waals surface area contributed by atoms with Gasteiger partial charge < -0.3 is 5.73 Å². The second kappa shape index (κ2) is 4.56. The summed E-state index contributed by atoms with van der Waals surface area (Å²) in [4.78, 5) is 10.2. The molecule has 1 amide bonds. The van der Waals surface area contributed by atoms with E-state index in [1.807, 2.05) is 0 Å². The first-order chi connectivity index (χ1) is 4.92. The van der Waals surface area contributed by atoms with E-state index in [2.05, 4.69) is 0 Å². The van der Waals surface area contributed by atoms with E-state index in [1.165, 1.54) is 0 Å². The van der Waals surface area contributed by atoms with Crippen LogP contribution in [0.1, 0.15) is 19.3 Å². The van der Waals surface area contributed by atoms with Crippen molar-refractivity contribution in [3.63, 3.8) is 0 Å². The van der Waals surface area contributed by atoms with E-state index in [0.717, 1.165) is 0 Å². The van der Waals surface area contributed by atoms with Crippen molar-refractivity contribution in [1.29, 1.82) is 0 Å². The number of hydrogen-bond acceptors (Lipinski definition) is 3. The minimum absolute atomic E-state index is 0.0954. The number of hydrogen-bond donors (Lipinski definition) is 1. The highest BCUT2D eigenvalue weighted by molar-refractivity contribution is 8.13. The fourth-order valence-electron chi connectivity index (χ4n) is 0.574. The quantitative estimate of drug-likeness (QED) is 0.508. The smallest absolute Gasteiger partial charge is 0.232 e. The predicted molar refractivity (Wildman–Crippen MR) is 42.7 cm³/mol. The summed E-state index contributed by atoms with van der Waals surface area (Å²) >= 11 is 0. The molecule has 0 radical (unpaired) electrons. The van der Waals surface area contributed by atoms with Crippen LogP contribution in [0.4, 0.5) is 0 Å². The molecule has 11 heavy (non-hydrogen) atoms. The van der Waals surface area contributed by atoms with Crippen molar-refractivity contribution in [1.82, 2.24) is 0 Å². The van der Waals surface area contributed by atoms with Crippen LogP contribution in [0.5, 0.6) is 0 Å². The third-order valence-corrected chi connectivity index (χ3v) is 2.30. The van der Waals surface area contributed by atoms with Gasteiger partial charge in [0, 0.05) is 17.1 Å². The molecule has 0 saturated heterocycles. The van der Waals surface area contributed by atoms with E-state index in [4.69, 9.17) is 16.4 Å². The van der Waals surface area contributed by atoms with Gasteiger partial charge in [-0.1, -0.05) is 0 Å². The van der Waals surface area contributed by atoms with Gasteiger partial charge in [0.2, 0.25) is 15.0 Å². The Morgan fingerprint density at radius 3 is 2.27 bits per heavy atom. The number of halogens is 1. The Morgan fingerprint density at radius 1 is 1.36 bits per heavy atom. The Hall–Kier alpha value is -0.290. The van der Waals surface area contributed by atoms with Crippen LogP contribution in [0, 0.1) is 0 Å². The fourth-order valence-corrected chi connectivity index (χ4v) is 1.45. The molecule has 0 aliphatic rings. The van der Waals surface area contributed by atoms with Crippen molar-refractivity contribution in [3.8, 4) is 0 Å². The molecule has 0 aromatic rings. The van der Waals surface area contributed by atoms with Crippen LogP contribution in [0.15, 0.2) is 0 Å². The second-order valence-corrected chi connectivity index (χ2v) is 5.06. The van der Waals surface area contributed by atoms with Gasteiger partial charge in [-0.3, -0.25) is 4.79 Å². The summed E-state index contributed by atoms with van der Waals surface area (Å²) in [6.07, 6.45) is 1.07. The van der Waals surface area contributed by atoms with Crippen LogP contribution in [-0.2, 0) is 13.8 Å². The molecule has 0 spiro atoms. The number of rotatable bonds is 5. The molecule has 6 heteroatoms. The second-order valence-electron chi connectivity index (χ2n) is 2.17. The summed E-state index contributed by atoms with van der Waals surface area (Å²) in [5, 5.41) is 0. The van der Waals surface area contributed by atoms with E-state index >= 15 is 0 Å². The van der Waals surface area contributed by atoms with Crippen LogP contribution < -0.4 is 5.73 Å². The van der Waals surface area contributed by atoms with Crippen molar-refractivity contribution >= 4 is 25.6 Å². The summed E-state index contributed by atoms with van der Waals surface area (Å²) in [5.41, 5.74) is 4.82. The molecule has 0 atom stereocenters. The number of amides is 1. The third kappa shape index (κ3) is 9.71. The molecular formula is C5H10ClNO3S. The summed E-state index contributed by atoms with van der Waals surface area (Å²) in [7, 11) is 1.50. The normalized spacial score (nSPS) is 11.4. The fraction of sp³-hybridized carbons (Fsp3) is 0.800. The van der Waals surface area contributed by atoms with Crippen LogP contribution >= 0.6 is 10.7 Å². The first-order valence-corrected chi connectivity index (χ1v) is 5.60. The first kappa shape index (κ1) is 10.7. The van der Waals surface area contributed by atoms with E-state index in [1.54, 1.807) is 0 Å². The van der Waals surface area contributed by atoms with Crippen LogP contribution in [0.2, 0.25) is 0 Å². The molecule has 0 aromatic heterocycles. The van der Waals surface area contributed by atoms with Crippen LogP contribution in [0.3, 0.4) is 0 Å². The Balaban J connectivity index is 3.37. The van der Waals surface area contributed by atoms with Gasteiger partial charge >= 0.3 is 0 Å². The molecule has 0 unspecified atom stereocenters. The predicted octanol–water partition coefficient (Wildman–Crippen LogP) is 0.211. The molecule has 4 nitrogen and oxygen atoms in total. The monoisotopic (exact) mass is 199 g/mol. The van der Waals surface area contributed by atoms with Gasteiger partial charge in [-0.05, 0) is 12.8 Å². The van der Waals surface area contributed by atoms with Gasteiger partial charge in [0.25, 0.3) is 0 Å².